The average molecular weight is 265 g/mol. The SMILES string of the molecule is CCCC(C)COc1cccc(OC)c1C(C)NC. The third kappa shape index (κ3) is 4.43. The summed E-state index contributed by atoms with van der Waals surface area (Å²) >= 11 is 0. The molecule has 19 heavy (non-hydrogen) atoms. The molecular formula is C16H27NO2. The normalized spacial score (nSPS) is 13.9. The first kappa shape index (κ1) is 15.8. The molecule has 0 aromatic heterocycles. The molecule has 0 fully saturated rings. The lowest BCUT2D eigenvalue weighted by molar-refractivity contribution is 0.246. The van der Waals surface area contributed by atoms with E-state index in [-0.39, 0.29) is 6.04 Å². The summed E-state index contributed by atoms with van der Waals surface area (Å²) in [6, 6.07) is 6.17. The van der Waals surface area contributed by atoms with Crippen molar-refractivity contribution in [3.05, 3.63) is 23.8 Å². The Labute approximate surface area is 117 Å². The molecule has 0 radical (unpaired) electrons. The van der Waals surface area contributed by atoms with E-state index in [2.05, 4.69) is 26.1 Å². The summed E-state index contributed by atoms with van der Waals surface area (Å²) in [6.45, 7) is 7.30. The number of rotatable bonds is 8. The maximum atomic E-state index is 6.00. The van der Waals surface area contributed by atoms with Crippen LogP contribution in [0, 0.1) is 5.92 Å². The first-order chi connectivity index (χ1) is 9.13. The van der Waals surface area contributed by atoms with Crippen LogP contribution in [-0.2, 0) is 0 Å². The molecule has 2 atom stereocenters. The monoisotopic (exact) mass is 265 g/mol. The van der Waals surface area contributed by atoms with Crippen LogP contribution in [0.25, 0.3) is 0 Å². The van der Waals surface area contributed by atoms with Crippen LogP contribution in [0.2, 0.25) is 0 Å². The van der Waals surface area contributed by atoms with Gasteiger partial charge in [0.05, 0.1) is 19.3 Å². The summed E-state index contributed by atoms with van der Waals surface area (Å²) in [5.74, 6) is 2.38. The van der Waals surface area contributed by atoms with Crippen molar-refractivity contribution in [2.45, 2.75) is 39.7 Å². The highest BCUT2D eigenvalue weighted by molar-refractivity contribution is 5.46. The summed E-state index contributed by atoms with van der Waals surface area (Å²) in [7, 11) is 3.64. The van der Waals surface area contributed by atoms with Crippen LogP contribution < -0.4 is 14.8 Å². The van der Waals surface area contributed by atoms with E-state index in [1.54, 1.807) is 7.11 Å². The first-order valence-electron chi connectivity index (χ1n) is 7.10. The molecule has 0 heterocycles. The Morgan fingerprint density at radius 2 is 1.89 bits per heavy atom. The van der Waals surface area contributed by atoms with Crippen LogP contribution in [0.15, 0.2) is 18.2 Å². The molecule has 0 spiro atoms. The van der Waals surface area contributed by atoms with Crippen molar-refractivity contribution in [2.24, 2.45) is 5.92 Å². The summed E-state index contributed by atoms with van der Waals surface area (Å²) in [6.07, 6.45) is 2.39. The Morgan fingerprint density at radius 3 is 2.47 bits per heavy atom. The molecule has 1 aromatic carbocycles. The van der Waals surface area contributed by atoms with Crippen LogP contribution in [0.1, 0.15) is 45.2 Å². The van der Waals surface area contributed by atoms with Crippen molar-refractivity contribution >= 4 is 0 Å². The molecule has 1 aromatic rings. The van der Waals surface area contributed by atoms with Gasteiger partial charge in [-0.3, -0.25) is 0 Å². The van der Waals surface area contributed by atoms with Gasteiger partial charge in [-0.15, -0.1) is 0 Å². The quantitative estimate of drug-likeness (QED) is 0.775. The van der Waals surface area contributed by atoms with Gasteiger partial charge in [0.1, 0.15) is 11.5 Å². The van der Waals surface area contributed by atoms with Crippen molar-refractivity contribution in [1.82, 2.24) is 5.32 Å². The predicted octanol–water partition coefficient (Wildman–Crippen LogP) is 3.79. The smallest absolute Gasteiger partial charge is 0.127 e. The van der Waals surface area contributed by atoms with Gasteiger partial charge < -0.3 is 14.8 Å². The molecule has 2 unspecified atom stereocenters. The number of hydrogen-bond donors (Lipinski definition) is 1. The molecule has 1 rings (SSSR count). The fourth-order valence-electron chi connectivity index (χ4n) is 2.21. The number of benzene rings is 1. The van der Waals surface area contributed by atoms with Crippen LogP contribution >= 0.6 is 0 Å². The highest BCUT2D eigenvalue weighted by atomic mass is 16.5. The summed E-state index contributed by atoms with van der Waals surface area (Å²) < 4.78 is 11.4. The fourth-order valence-corrected chi connectivity index (χ4v) is 2.21. The second-order valence-corrected chi connectivity index (χ2v) is 5.09. The zero-order valence-corrected chi connectivity index (χ0v) is 12.8. The van der Waals surface area contributed by atoms with Crippen molar-refractivity contribution in [3.8, 4) is 11.5 Å². The third-order valence-corrected chi connectivity index (χ3v) is 3.42. The maximum Gasteiger partial charge on any atom is 0.127 e. The van der Waals surface area contributed by atoms with E-state index in [9.17, 15) is 0 Å². The van der Waals surface area contributed by atoms with E-state index in [4.69, 9.17) is 9.47 Å². The summed E-state index contributed by atoms with van der Waals surface area (Å²) in [5.41, 5.74) is 1.09. The van der Waals surface area contributed by atoms with Crippen LogP contribution in [-0.4, -0.2) is 20.8 Å². The fraction of sp³-hybridized carbons (Fsp3) is 0.625. The highest BCUT2D eigenvalue weighted by Gasteiger charge is 2.16. The van der Waals surface area contributed by atoms with Crippen molar-refractivity contribution in [1.29, 1.82) is 0 Å². The molecular weight excluding hydrogens is 238 g/mol. The zero-order chi connectivity index (χ0) is 14.3. The Balaban J connectivity index is 2.87. The minimum absolute atomic E-state index is 0.202. The molecule has 3 nitrogen and oxygen atoms in total. The lowest BCUT2D eigenvalue weighted by Gasteiger charge is -2.20. The van der Waals surface area contributed by atoms with Gasteiger partial charge in [-0.1, -0.05) is 26.3 Å². The summed E-state index contributed by atoms with van der Waals surface area (Å²) in [5, 5.41) is 3.25. The zero-order valence-electron chi connectivity index (χ0n) is 12.8. The Morgan fingerprint density at radius 1 is 1.21 bits per heavy atom. The van der Waals surface area contributed by atoms with E-state index < -0.39 is 0 Å². The van der Waals surface area contributed by atoms with Gasteiger partial charge in [0.25, 0.3) is 0 Å². The molecule has 0 aliphatic rings. The standard InChI is InChI=1S/C16H27NO2/c1-6-8-12(2)11-19-15-10-7-9-14(18-5)16(15)13(3)17-4/h7,9-10,12-13,17H,6,8,11H2,1-5H3. The average Bonchev–Trinajstić information content (AvgIpc) is 2.44. The molecule has 0 aliphatic heterocycles. The molecule has 0 amide bonds. The van der Waals surface area contributed by atoms with Crippen LogP contribution in [0.5, 0.6) is 11.5 Å². The van der Waals surface area contributed by atoms with Crippen LogP contribution in [0.4, 0.5) is 0 Å². The minimum Gasteiger partial charge on any atom is -0.496 e. The Hall–Kier alpha value is -1.22. The molecule has 0 bridgehead atoms. The minimum atomic E-state index is 0.202. The van der Waals surface area contributed by atoms with Gasteiger partial charge in [0.15, 0.2) is 0 Å². The first-order valence-corrected chi connectivity index (χ1v) is 7.10. The predicted molar refractivity (Wildman–Crippen MR) is 80.0 cm³/mol. The van der Waals surface area contributed by atoms with E-state index in [0.717, 1.165) is 23.7 Å². The van der Waals surface area contributed by atoms with Crippen molar-refractivity contribution in [2.75, 3.05) is 20.8 Å². The van der Waals surface area contributed by atoms with Gasteiger partial charge in [0.2, 0.25) is 0 Å². The molecule has 108 valence electrons. The van der Waals surface area contributed by atoms with Crippen molar-refractivity contribution < 1.29 is 9.47 Å². The van der Waals surface area contributed by atoms with Gasteiger partial charge >= 0.3 is 0 Å². The van der Waals surface area contributed by atoms with E-state index >= 15 is 0 Å². The largest absolute Gasteiger partial charge is 0.496 e. The molecule has 1 N–H and O–H groups in total. The second-order valence-electron chi connectivity index (χ2n) is 5.09. The Bertz CT molecular complexity index is 379. The van der Waals surface area contributed by atoms with E-state index in [1.165, 1.54) is 12.8 Å². The molecule has 0 aliphatic carbocycles. The molecule has 0 saturated carbocycles. The van der Waals surface area contributed by atoms with E-state index in [0.29, 0.717) is 5.92 Å². The molecule has 3 heteroatoms. The summed E-state index contributed by atoms with van der Waals surface area (Å²) in [4.78, 5) is 0. The topological polar surface area (TPSA) is 30.5 Å². The number of ether oxygens (including phenoxy) is 2. The van der Waals surface area contributed by atoms with Gasteiger partial charge in [-0.05, 0) is 38.4 Å². The van der Waals surface area contributed by atoms with Gasteiger partial charge in [-0.25, -0.2) is 0 Å². The third-order valence-electron chi connectivity index (χ3n) is 3.42. The lowest BCUT2D eigenvalue weighted by Crippen LogP contribution is -2.16. The molecule has 0 saturated heterocycles. The van der Waals surface area contributed by atoms with Crippen molar-refractivity contribution in [3.63, 3.8) is 0 Å². The number of nitrogens with one attached hydrogen (secondary N) is 1. The Kier molecular flexibility index (Phi) is 6.71. The highest BCUT2D eigenvalue weighted by Crippen LogP contribution is 2.34. The van der Waals surface area contributed by atoms with Gasteiger partial charge in [-0.2, -0.15) is 0 Å². The number of hydrogen-bond acceptors (Lipinski definition) is 3. The van der Waals surface area contributed by atoms with Crippen LogP contribution in [0.3, 0.4) is 0 Å². The second kappa shape index (κ2) is 8.05. The number of methoxy groups -OCH3 is 1. The van der Waals surface area contributed by atoms with E-state index in [1.807, 2.05) is 25.2 Å². The van der Waals surface area contributed by atoms with Gasteiger partial charge in [0, 0.05) is 6.04 Å². The maximum absolute atomic E-state index is 6.00. The lowest BCUT2D eigenvalue weighted by atomic mass is 10.1.